The Balaban J connectivity index is 1.69. The largest absolute Gasteiger partial charge is 0.303 e. The molecule has 0 atom stereocenters. The van der Waals surface area contributed by atoms with E-state index in [9.17, 15) is 5.26 Å². The van der Waals surface area contributed by atoms with E-state index in [0.29, 0.717) is 22.7 Å². The Hall–Kier alpha value is -3.10. The fourth-order valence-corrected chi connectivity index (χ4v) is 4.35. The summed E-state index contributed by atoms with van der Waals surface area (Å²) in [6.45, 7) is 10.1. The molecule has 0 spiro atoms. The van der Waals surface area contributed by atoms with Gasteiger partial charge in [0, 0.05) is 42.2 Å². The lowest BCUT2D eigenvalue weighted by molar-refractivity contribution is 0.153. The van der Waals surface area contributed by atoms with E-state index in [-0.39, 0.29) is 0 Å². The predicted octanol–water partition coefficient (Wildman–Crippen LogP) is 5.30. The Morgan fingerprint density at radius 2 is 1.84 bits per heavy atom. The summed E-state index contributed by atoms with van der Waals surface area (Å²) in [5.41, 5.74) is 4.99. The normalized spacial score (nSPS) is 15.5. The maximum absolute atomic E-state index is 9.35. The number of pyridine rings is 1. The van der Waals surface area contributed by atoms with Crippen LogP contribution in [0.1, 0.15) is 50.8 Å². The summed E-state index contributed by atoms with van der Waals surface area (Å²) < 4.78 is 0. The Labute approximate surface area is 184 Å². The van der Waals surface area contributed by atoms with Crippen molar-refractivity contribution in [1.29, 1.82) is 5.26 Å². The van der Waals surface area contributed by atoms with Gasteiger partial charge in [-0.15, -0.1) is 0 Å². The summed E-state index contributed by atoms with van der Waals surface area (Å²) in [7, 11) is 0. The van der Waals surface area contributed by atoms with Crippen molar-refractivity contribution in [2.75, 3.05) is 19.6 Å². The molecule has 5 nitrogen and oxygen atoms in total. The van der Waals surface area contributed by atoms with Crippen LogP contribution in [0.5, 0.6) is 0 Å². The maximum atomic E-state index is 9.35. The van der Waals surface area contributed by atoms with E-state index in [0.717, 1.165) is 54.9 Å². The molecule has 4 rings (SSSR count). The van der Waals surface area contributed by atoms with Crippen LogP contribution >= 0.6 is 0 Å². The van der Waals surface area contributed by atoms with Crippen LogP contribution in [0.2, 0.25) is 0 Å². The molecule has 0 radical (unpaired) electrons. The zero-order valence-electron chi connectivity index (χ0n) is 18.5. The van der Waals surface area contributed by atoms with Crippen LogP contribution in [0.25, 0.3) is 22.5 Å². The first-order chi connectivity index (χ1) is 14.9. The third kappa shape index (κ3) is 5.15. The van der Waals surface area contributed by atoms with Crippen molar-refractivity contribution < 1.29 is 0 Å². The first kappa shape index (κ1) is 21.1. The van der Waals surface area contributed by atoms with E-state index in [1.807, 2.05) is 42.6 Å². The summed E-state index contributed by atoms with van der Waals surface area (Å²) in [6.07, 6.45) is 7.63. The van der Waals surface area contributed by atoms with Gasteiger partial charge in [0.2, 0.25) is 0 Å². The quantitative estimate of drug-likeness (QED) is 0.583. The standard InChI is InChI=1S/C26H29N5/c1-26(2,3)18-31-12-9-20(10-13-31)24-23(21-7-4-6-19(14-21)15-27)17-29-25(30-24)22-8-5-11-28-16-22/h4-8,11,14,16-17,20H,9-10,12-13,18H2,1-3H3. The lowest BCUT2D eigenvalue weighted by Crippen LogP contribution is -2.38. The number of likely N-dealkylation sites (tertiary alicyclic amines) is 1. The second-order valence-corrected chi connectivity index (χ2v) is 9.54. The molecule has 2 aromatic heterocycles. The highest BCUT2D eigenvalue weighted by Crippen LogP contribution is 2.35. The molecule has 1 saturated heterocycles. The molecule has 3 aromatic rings. The highest BCUT2D eigenvalue weighted by molar-refractivity contribution is 5.69. The highest BCUT2D eigenvalue weighted by atomic mass is 15.1. The van der Waals surface area contributed by atoms with Gasteiger partial charge in [-0.2, -0.15) is 5.26 Å². The van der Waals surface area contributed by atoms with Gasteiger partial charge in [-0.25, -0.2) is 9.97 Å². The third-order valence-corrected chi connectivity index (χ3v) is 5.71. The minimum Gasteiger partial charge on any atom is -0.303 e. The molecule has 31 heavy (non-hydrogen) atoms. The number of nitrogens with zero attached hydrogens (tertiary/aromatic N) is 5. The number of aromatic nitrogens is 3. The lowest BCUT2D eigenvalue weighted by atomic mass is 9.87. The molecule has 0 unspecified atom stereocenters. The summed E-state index contributed by atoms with van der Waals surface area (Å²) in [5, 5.41) is 9.35. The number of hydrogen-bond acceptors (Lipinski definition) is 5. The van der Waals surface area contributed by atoms with Crippen molar-refractivity contribution in [3.63, 3.8) is 0 Å². The molecule has 1 fully saturated rings. The Kier molecular flexibility index (Phi) is 6.11. The monoisotopic (exact) mass is 411 g/mol. The van der Waals surface area contributed by atoms with Crippen LogP contribution < -0.4 is 0 Å². The summed E-state index contributed by atoms with van der Waals surface area (Å²) >= 11 is 0. The second kappa shape index (κ2) is 8.95. The second-order valence-electron chi connectivity index (χ2n) is 9.54. The molecule has 5 heteroatoms. The minimum absolute atomic E-state index is 0.304. The SMILES string of the molecule is CC(C)(C)CN1CCC(c2nc(-c3cccnc3)ncc2-c2cccc(C#N)c2)CC1. The van der Waals surface area contributed by atoms with E-state index in [1.54, 1.807) is 12.4 Å². The molecule has 0 N–H and O–H groups in total. The first-order valence-electron chi connectivity index (χ1n) is 10.9. The maximum Gasteiger partial charge on any atom is 0.160 e. The Morgan fingerprint density at radius 1 is 1.06 bits per heavy atom. The smallest absolute Gasteiger partial charge is 0.160 e. The van der Waals surface area contributed by atoms with Crippen LogP contribution in [-0.2, 0) is 0 Å². The van der Waals surface area contributed by atoms with Gasteiger partial charge in [0.1, 0.15) is 0 Å². The van der Waals surface area contributed by atoms with E-state index in [4.69, 9.17) is 4.98 Å². The van der Waals surface area contributed by atoms with E-state index in [2.05, 4.69) is 41.7 Å². The number of hydrogen-bond donors (Lipinski definition) is 0. The minimum atomic E-state index is 0.304. The lowest BCUT2D eigenvalue weighted by Gasteiger charge is -2.36. The molecule has 0 amide bonds. The van der Waals surface area contributed by atoms with Gasteiger partial charge in [0.25, 0.3) is 0 Å². The Morgan fingerprint density at radius 3 is 2.52 bits per heavy atom. The predicted molar refractivity (Wildman–Crippen MR) is 123 cm³/mol. The van der Waals surface area contributed by atoms with Gasteiger partial charge >= 0.3 is 0 Å². The molecule has 1 aromatic carbocycles. The fraction of sp³-hybridized carbons (Fsp3) is 0.385. The highest BCUT2D eigenvalue weighted by Gasteiger charge is 2.27. The van der Waals surface area contributed by atoms with Gasteiger partial charge in [-0.3, -0.25) is 4.98 Å². The first-order valence-corrected chi connectivity index (χ1v) is 10.9. The van der Waals surface area contributed by atoms with Crippen LogP contribution in [-0.4, -0.2) is 39.5 Å². The molecule has 0 bridgehead atoms. The van der Waals surface area contributed by atoms with Gasteiger partial charge in [-0.1, -0.05) is 32.9 Å². The topological polar surface area (TPSA) is 65.7 Å². The average Bonchev–Trinajstić information content (AvgIpc) is 2.79. The molecule has 3 heterocycles. The molecule has 158 valence electrons. The van der Waals surface area contributed by atoms with E-state index >= 15 is 0 Å². The van der Waals surface area contributed by atoms with Crippen molar-refractivity contribution in [2.24, 2.45) is 5.41 Å². The fourth-order valence-electron chi connectivity index (χ4n) is 4.35. The summed E-state index contributed by atoms with van der Waals surface area (Å²) in [6, 6.07) is 13.9. The summed E-state index contributed by atoms with van der Waals surface area (Å²) in [4.78, 5) is 16.5. The average molecular weight is 412 g/mol. The molecule has 0 saturated carbocycles. The number of benzene rings is 1. The van der Waals surface area contributed by atoms with Gasteiger partial charge in [-0.05, 0) is 61.2 Å². The molecule has 1 aliphatic rings. The van der Waals surface area contributed by atoms with E-state index in [1.165, 1.54) is 0 Å². The number of rotatable bonds is 4. The van der Waals surface area contributed by atoms with Crippen LogP contribution in [0.4, 0.5) is 0 Å². The van der Waals surface area contributed by atoms with Gasteiger partial charge in [0.05, 0.1) is 17.3 Å². The zero-order valence-corrected chi connectivity index (χ0v) is 18.5. The van der Waals surface area contributed by atoms with Gasteiger partial charge in [0.15, 0.2) is 5.82 Å². The Bertz CT molecular complexity index is 1070. The van der Waals surface area contributed by atoms with Crippen molar-refractivity contribution in [2.45, 2.75) is 39.5 Å². The summed E-state index contributed by atoms with van der Waals surface area (Å²) in [5.74, 6) is 1.08. The number of piperidine rings is 1. The molecule has 1 aliphatic heterocycles. The van der Waals surface area contributed by atoms with E-state index < -0.39 is 0 Å². The van der Waals surface area contributed by atoms with Crippen molar-refractivity contribution in [3.05, 3.63) is 66.2 Å². The van der Waals surface area contributed by atoms with Crippen molar-refractivity contribution >= 4 is 0 Å². The van der Waals surface area contributed by atoms with Crippen molar-refractivity contribution in [1.82, 2.24) is 19.9 Å². The van der Waals surface area contributed by atoms with Gasteiger partial charge < -0.3 is 4.90 Å². The zero-order chi connectivity index (χ0) is 21.8. The molecular weight excluding hydrogens is 382 g/mol. The number of nitriles is 1. The van der Waals surface area contributed by atoms with Crippen LogP contribution in [0.3, 0.4) is 0 Å². The van der Waals surface area contributed by atoms with Crippen LogP contribution in [0, 0.1) is 16.7 Å². The molecule has 0 aliphatic carbocycles. The molecular formula is C26H29N5. The van der Waals surface area contributed by atoms with Crippen LogP contribution in [0.15, 0.2) is 55.0 Å². The third-order valence-electron chi connectivity index (χ3n) is 5.71. The van der Waals surface area contributed by atoms with Crippen molar-refractivity contribution in [3.8, 4) is 28.6 Å².